The Morgan fingerprint density at radius 1 is 1.69 bits per heavy atom. The summed E-state index contributed by atoms with van der Waals surface area (Å²) < 4.78 is 0. The summed E-state index contributed by atoms with van der Waals surface area (Å²) in [6.45, 7) is 0.786. The van der Waals surface area contributed by atoms with Crippen LogP contribution in [0.25, 0.3) is 0 Å². The fourth-order valence-corrected chi connectivity index (χ4v) is 1.27. The van der Waals surface area contributed by atoms with E-state index in [0.717, 1.165) is 18.9 Å². The third-order valence-corrected chi connectivity index (χ3v) is 2.30. The van der Waals surface area contributed by atoms with Gasteiger partial charge in [-0.2, -0.15) is 5.10 Å². The second-order valence-corrected chi connectivity index (χ2v) is 3.47. The van der Waals surface area contributed by atoms with Gasteiger partial charge in [-0.25, -0.2) is 0 Å². The van der Waals surface area contributed by atoms with Gasteiger partial charge in [0, 0.05) is 12.7 Å². The lowest BCUT2D eigenvalue weighted by atomic mass is 10.3. The fraction of sp³-hybridized carbons (Fsp3) is 0.556. The Hall–Kier alpha value is -1.32. The van der Waals surface area contributed by atoms with E-state index in [1.165, 1.54) is 19.0 Å². The summed E-state index contributed by atoms with van der Waals surface area (Å²) in [4.78, 5) is 11.3. The number of carbonyl (C=O) groups is 1. The van der Waals surface area contributed by atoms with Crippen molar-refractivity contribution in [3.05, 3.63) is 18.0 Å². The molecule has 0 radical (unpaired) electrons. The van der Waals surface area contributed by atoms with E-state index in [1.807, 2.05) is 0 Å². The number of aromatic amines is 1. The fourth-order valence-electron chi connectivity index (χ4n) is 1.27. The molecule has 0 unspecified atom stereocenters. The van der Waals surface area contributed by atoms with Gasteiger partial charge in [-0.15, -0.1) is 0 Å². The van der Waals surface area contributed by atoms with Gasteiger partial charge < -0.3 is 5.32 Å². The van der Waals surface area contributed by atoms with Gasteiger partial charge in [0.1, 0.15) is 0 Å². The lowest BCUT2D eigenvalue weighted by Gasteiger charge is -2.01. The summed E-state index contributed by atoms with van der Waals surface area (Å²) in [7, 11) is 0. The SMILES string of the molecule is O=C(NCCC1CC1)c1cn[nH]c1. The molecule has 70 valence electrons. The van der Waals surface area contributed by atoms with Gasteiger partial charge in [0.05, 0.1) is 11.8 Å². The van der Waals surface area contributed by atoms with E-state index in [4.69, 9.17) is 0 Å². The van der Waals surface area contributed by atoms with Gasteiger partial charge in [0.15, 0.2) is 0 Å². The standard InChI is InChI=1S/C9H13N3O/c13-9(8-5-11-12-6-8)10-4-3-7-1-2-7/h5-7H,1-4H2,(H,10,13)(H,11,12). The second kappa shape index (κ2) is 3.60. The van der Waals surface area contributed by atoms with Gasteiger partial charge in [-0.05, 0) is 12.3 Å². The van der Waals surface area contributed by atoms with Crippen molar-refractivity contribution < 1.29 is 4.79 Å². The molecule has 0 saturated heterocycles. The Labute approximate surface area is 76.7 Å². The maximum Gasteiger partial charge on any atom is 0.254 e. The van der Waals surface area contributed by atoms with Crippen LogP contribution in [-0.2, 0) is 0 Å². The zero-order valence-corrected chi connectivity index (χ0v) is 7.42. The lowest BCUT2D eigenvalue weighted by Crippen LogP contribution is -2.24. The maximum absolute atomic E-state index is 11.3. The van der Waals surface area contributed by atoms with Crippen LogP contribution in [0.5, 0.6) is 0 Å². The first-order valence-electron chi connectivity index (χ1n) is 4.63. The molecule has 0 aliphatic heterocycles. The van der Waals surface area contributed by atoms with Crippen LogP contribution in [0.3, 0.4) is 0 Å². The van der Waals surface area contributed by atoms with Gasteiger partial charge in [0.25, 0.3) is 5.91 Å². The van der Waals surface area contributed by atoms with Crippen molar-refractivity contribution in [3.8, 4) is 0 Å². The molecule has 4 nitrogen and oxygen atoms in total. The Morgan fingerprint density at radius 2 is 2.54 bits per heavy atom. The second-order valence-electron chi connectivity index (χ2n) is 3.47. The van der Waals surface area contributed by atoms with Crippen molar-refractivity contribution in [2.45, 2.75) is 19.3 Å². The largest absolute Gasteiger partial charge is 0.352 e. The number of nitrogens with zero attached hydrogens (tertiary/aromatic N) is 1. The molecule has 1 aliphatic rings. The van der Waals surface area contributed by atoms with E-state index in [2.05, 4.69) is 15.5 Å². The first kappa shape index (κ1) is 8.29. The zero-order valence-electron chi connectivity index (χ0n) is 7.42. The molecular formula is C9H13N3O. The van der Waals surface area contributed by atoms with Crippen LogP contribution in [0.15, 0.2) is 12.4 Å². The summed E-state index contributed by atoms with van der Waals surface area (Å²) in [6, 6.07) is 0. The van der Waals surface area contributed by atoms with Gasteiger partial charge in [-0.3, -0.25) is 9.89 Å². The van der Waals surface area contributed by atoms with Gasteiger partial charge >= 0.3 is 0 Å². The molecule has 0 bridgehead atoms. The van der Waals surface area contributed by atoms with Gasteiger partial charge in [0.2, 0.25) is 0 Å². The minimum absolute atomic E-state index is 0.0330. The molecule has 13 heavy (non-hydrogen) atoms. The highest BCUT2D eigenvalue weighted by Gasteiger charge is 2.20. The molecule has 4 heteroatoms. The average Bonchev–Trinajstić information content (AvgIpc) is 2.80. The minimum Gasteiger partial charge on any atom is -0.352 e. The van der Waals surface area contributed by atoms with E-state index in [-0.39, 0.29) is 5.91 Å². The smallest absolute Gasteiger partial charge is 0.254 e. The molecule has 1 aromatic heterocycles. The van der Waals surface area contributed by atoms with Crippen LogP contribution in [0, 0.1) is 5.92 Å². The molecular weight excluding hydrogens is 166 g/mol. The van der Waals surface area contributed by atoms with E-state index < -0.39 is 0 Å². The van der Waals surface area contributed by atoms with Crippen LogP contribution in [0.2, 0.25) is 0 Å². The highest BCUT2D eigenvalue weighted by atomic mass is 16.1. The third-order valence-electron chi connectivity index (χ3n) is 2.30. The number of nitrogens with one attached hydrogen (secondary N) is 2. The average molecular weight is 179 g/mol. The molecule has 1 saturated carbocycles. The number of H-pyrrole nitrogens is 1. The molecule has 0 atom stereocenters. The summed E-state index contributed by atoms with van der Waals surface area (Å²) in [5.41, 5.74) is 0.607. The number of aromatic nitrogens is 2. The highest BCUT2D eigenvalue weighted by molar-refractivity contribution is 5.93. The first-order chi connectivity index (χ1) is 6.36. The minimum atomic E-state index is -0.0330. The molecule has 2 rings (SSSR count). The van der Waals surface area contributed by atoms with Crippen molar-refractivity contribution >= 4 is 5.91 Å². The van der Waals surface area contributed by atoms with Crippen molar-refractivity contribution in [1.29, 1.82) is 0 Å². The Morgan fingerprint density at radius 3 is 3.15 bits per heavy atom. The summed E-state index contributed by atoms with van der Waals surface area (Å²) in [6.07, 6.45) is 6.92. The molecule has 1 aliphatic carbocycles. The van der Waals surface area contributed by atoms with Crippen molar-refractivity contribution in [1.82, 2.24) is 15.5 Å². The molecule has 0 spiro atoms. The third kappa shape index (κ3) is 2.31. The number of hydrogen-bond acceptors (Lipinski definition) is 2. The quantitative estimate of drug-likeness (QED) is 0.722. The molecule has 1 heterocycles. The molecule has 1 aromatic rings. The number of amides is 1. The van der Waals surface area contributed by atoms with Crippen LogP contribution >= 0.6 is 0 Å². The molecule has 0 aromatic carbocycles. The lowest BCUT2D eigenvalue weighted by molar-refractivity contribution is 0.0953. The Kier molecular flexibility index (Phi) is 2.29. The van der Waals surface area contributed by atoms with Crippen LogP contribution in [0.4, 0.5) is 0 Å². The predicted molar refractivity (Wildman–Crippen MR) is 48.3 cm³/mol. The summed E-state index contributed by atoms with van der Waals surface area (Å²) in [5, 5.41) is 9.18. The number of hydrogen-bond donors (Lipinski definition) is 2. The van der Waals surface area contributed by atoms with E-state index in [9.17, 15) is 4.79 Å². The van der Waals surface area contributed by atoms with Crippen molar-refractivity contribution in [2.24, 2.45) is 5.92 Å². The molecule has 1 amide bonds. The van der Waals surface area contributed by atoms with E-state index in [1.54, 1.807) is 6.20 Å². The topological polar surface area (TPSA) is 57.8 Å². The Balaban J connectivity index is 1.71. The van der Waals surface area contributed by atoms with Crippen LogP contribution in [0.1, 0.15) is 29.6 Å². The van der Waals surface area contributed by atoms with E-state index >= 15 is 0 Å². The Bertz CT molecular complexity index is 277. The van der Waals surface area contributed by atoms with E-state index in [0.29, 0.717) is 5.56 Å². The van der Waals surface area contributed by atoms with Crippen molar-refractivity contribution in [3.63, 3.8) is 0 Å². The monoisotopic (exact) mass is 179 g/mol. The maximum atomic E-state index is 11.3. The number of rotatable bonds is 4. The molecule has 1 fully saturated rings. The normalized spacial score (nSPS) is 15.7. The van der Waals surface area contributed by atoms with Crippen LogP contribution in [-0.4, -0.2) is 22.6 Å². The summed E-state index contributed by atoms with van der Waals surface area (Å²) in [5.74, 6) is 0.832. The number of carbonyl (C=O) groups excluding carboxylic acids is 1. The molecule has 2 N–H and O–H groups in total. The predicted octanol–water partition coefficient (Wildman–Crippen LogP) is 0.940. The highest BCUT2D eigenvalue weighted by Crippen LogP contribution is 2.31. The van der Waals surface area contributed by atoms with Crippen molar-refractivity contribution in [2.75, 3.05) is 6.54 Å². The summed E-state index contributed by atoms with van der Waals surface area (Å²) >= 11 is 0. The van der Waals surface area contributed by atoms with Crippen LogP contribution < -0.4 is 5.32 Å². The zero-order chi connectivity index (χ0) is 9.10. The first-order valence-corrected chi connectivity index (χ1v) is 4.63. The van der Waals surface area contributed by atoms with Gasteiger partial charge in [-0.1, -0.05) is 12.8 Å².